The fourth-order valence-electron chi connectivity index (χ4n) is 3.66. The number of sulfonamides is 1. The molecule has 6 nitrogen and oxygen atoms in total. The van der Waals surface area contributed by atoms with Crippen LogP contribution in [0.15, 0.2) is 29.2 Å². The van der Waals surface area contributed by atoms with Crippen molar-refractivity contribution in [3.63, 3.8) is 0 Å². The van der Waals surface area contributed by atoms with Gasteiger partial charge in [0, 0.05) is 45.0 Å². The minimum Gasteiger partial charge on any atom is -0.378 e. The van der Waals surface area contributed by atoms with Crippen molar-refractivity contribution in [2.24, 2.45) is 11.1 Å². The van der Waals surface area contributed by atoms with E-state index in [0.29, 0.717) is 6.10 Å². The monoisotopic (exact) mass is 353 g/mol. The van der Waals surface area contributed by atoms with Crippen molar-refractivity contribution in [2.75, 3.05) is 44.2 Å². The van der Waals surface area contributed by atoms with Gasteiger partial charge in [0.2, 0.25) is 10.0 Å². The van der Waals surface area contributed by atoms with Crippen LogP contribution in [0.1, 0.15) is 19.8 Å². The van der Waals surface area contributed by atoms with E-state index in [1.54, 1.807) is 12.1 Å². The molecule has 2 heterocycles. The number of ether oxygens (including phenoxy) is 1. The normalized spacial score (nSPS) is 26.5. The molecule has 2 saturated heterocycles. The second-order valence-corrected chi connectivity index (χ2v) is 8.46. The average Bonchev–Trinajstić information content (AvgIpc) is 2.55. The first-order valence-electron chi connectivity index (χ1n) is 8.63. The summed E-state index contributed by atoms with van der Waals surface area (Å²) in [4.78, 5) is 5.01. The Morgan fingerprint density at radius 3 is 2.42 bits per heavy atom. The first kappa shape index (κ1) is 17.7. The maximum atomic E-state index is 11.3. The summed E-state index contributed by atoms with van der Waals surface area (Å²) in [6.07, 6.45) is 2.72. The van der Waals surface area contributed by atoms with Crippen LogP contribution in [0.4, 0.5) is 5.69 Å². The molecular weight excluding hydrogens is 326 g/mol. The van der Waals surface area contributed by atoms with Gasteiger partial charge in [0.15, 0.2) is 0 Å². The molecule has 2 N–H and O–H groups in total. The van der Waals surface area contributed by atoms with Gasteiger partial charge in [0.25, 0.3) is 0 Å². The number of hydrogen-bond acceptors (Lipinski definition) is 5. The highest BCUT2D eigenvalue weighted by Crippen LogP contribution is 2.23. The Kier molecular flexibility index (Phi) is 5.44. The Balaban J connectivity index is 1.51. The van der Waals surface area contributed by atoms with E-state index in [-0.39, 0.29) is 4.90 Å². The summed E-state index contributed by atoms with van der Waals surface area (Å²) < 4.78 is 28.3. The highest BCUT2D eigenvalue weighted by Gasteiger charge is 2.24. The quantitative estimate of drug-likeness (QED) is 0.882. The van der Waals surface area contributed by atoms with Crippen LogP contribution in [0.5, 0.6) is 0 Å². The van der Waals surface area contributed by atoms with Gasteiger partial charge in [-0.25, -0.2) is 13.6 Å². The van der Waals surface area contributed by atoms with E-state index < -0.39 is 10.0 Å². The number of rotatable bonds is 4. The summed E-state index contributed by atoms with van der Waals surface area (Å²) in [6, 6.07) is 6.85. The molecule has 3 rings (SSSR count). The first-order chi connectivity index (χ1) is 11.4. The molecule has 2 unspecified atom stereocenters. The van der Waals surface area contributed by atoms with Crippen molar-refractivity contribution >= 4 is 15.7 Å². The summed E-state index contributed by atoms with van der Waals surface area (Å²) in [5.41, 5.74) is 1.06. The lowest BCUT2D eigenvalue weighted by Crippen LogP contribution is -2.48. The molecule has 0 aromatic heterocycles. The standard InChI is InChI=1S/C17H27N3O3S/c1-14-12-15(6-11-23-14)13-19-7-9-20(10-8-19)16-2-4-17(5-3-16)24(18,21)22/h2-5,14-15H,6-13H2,1H3,(H2,18,21,22). The summed E-state index contributed by atoms with van der Waals surface area (Å²) in [5, 5.41) is 5.15. The van der Waals surface area contributed by atoms with Crippen LogP contribution in [-0.2, 0) is 14.8 Å². The van der Waals surface area contributed by atoms with Crippen LogP contribution < -0.4 is 10.0 Å². The molecule has 0 saturated carbocycles. The lowest BCUT2D eigenvalue weighted by atomic mass is 9.95. The summed E-state index contributed by atoms with van der Waals surface area (Å²) >= 11 is 0. The third-order valence-electron chi connectivity index (χ3n) is 5.01. The molecule has 24 heavy (non-hydrogen) atoms. The zero-order chi connectivity index (χ0) is 17.2. The fraction of sp³-hybridized carbons (Fsp3) is 0.647. The number of anilines is 1. The number of benzene rings is 1. The largest absolute Gasteiger partial charge is 0.378 e. The first-order valence-corrected chi connectivity index (χ1v) is 10.2. The van der Waals surface area contributed by atoms with Gasteiger partial charge >= 0.3 is 0 Å². The predicted octanol–water partition coefficient (Wildman–Crippen LogP) is 1.27. The van der Waals surface area contributed by atoms with E-state index in [0.717, 1.165) is 57.4 Å². The summed E-state index contributed by atoms with van der Waals surface area (Å²) in [6.45, 7) is 8.23. The fourth-order valence-corrected chi connectivity index (χ4v) is 4.17. The van der Waals surface area contributed by atoms with E-state index in [1.807, 2.05) is 12.1 Å². The molecular formula is C17H27N3O3S. The summed E-state index contributed by atoms with van der Waals surface area (Å²) in [7, 11) is -3.62. The van der Waals surface area contributed by atoms with Gasteiger partial charge in [-0.05, 0) is 49.9 Å². The molecule has 0 bridgehead atoms. The third kappa shape index (κ3) is 4.47. The maximum Gasteiger partial charge on any atom is 0.238 e. The molecule has 2 aliphatic heterocycles. The highest BCUT2D eigenvalue weighted by atomic mass is 32.2. The summed E-state index contributed by atoms with van der Waals surface area (Å²) in [5.74, 6) is 0.745. The van der Waals surface area contributed by atoms with E-state index in [2.05, 4.69) is 16.7 Å². The Morgan fingerprint density at radius 1 is 1.17 bits per heavy atom. The van der Waals surface area contributed by atoms with E-state index in [1.165, 1.54) is 6.42 Å². The van der Waals surface area contributed by atoms with Gasteiger partial charge in [-0.2, -0.15) is 0 Å². The van der Waals surface area contributed by atoms with E-state index >= 15 is 0 Å². The zero-order valence-electron chi connectivity index (χ0n) is 14.2. The Morgan fingerprint density at radius 2 is 1.83 bits per heavy atom. The van der Waals surface area contributed by atoms with Crippen molar-refractivity contribution in [1.29, 1.82) is 0 Å². The molecule has 0 spiro atoms. The minimum absolute atomic E-state index is 0.165. The second kappa shape index (κ2) is 7.39. The number of nitrogens with two attached hydrogens (primary N) is 1. The van der Waals surface area contributed by atoms with E-state index in [4.69, 9.17) is 9.88 Å². The van der Waals surface area contributed by atoms with Gasteiger partial charge in [-0.3, -0.25) is 4.90 Å². The van der Waals surface area contributed by atoms with Crippen LogP contribution >= 0.6 is 0 Å². The molecule has 7 heteroatoms. The molecule has 1 aromatic carbocycles. The third-order valence-corrected chi connectivity index (χ3v) is 5.94. The van der Waals surface area contributed by atoms with Crippen LogP contribution in [-0.4, -0.2) is 58.8 Å². The molecule has 0 radical (unpaired) electrons. The van der Waals surface area contributed by atoms with Gasteiger partial charge < -0.3 is 9.64 Å². The Labute approximate surface area is 144 Å². The molecule has 1 aromatic rings. The lowest BCUT2D eigenvalue weighted by Gasteiger charge is -2.39. The minimum atomic E-state index is -3.62. The molecule has 0 aliphatic carbocycles. The van der Waals surface area contributed by atoms with Crippen molar-refractivity contribution in [2.45, 2.75) is 30.8 Å². The zero-order valence-corrected chi connectivity index (χ0v) is 15.0. The number of piperazine rings is 1. The lowest BCUT2D eigenvalue weighted by molar-refractivity contribution is -0.00587. The number of hydrogen-bond donors (Lipinski definition) is 1. The SMILES string of the molecule is CC1CC(CN2CCN(c3ccc(S(N)(=O)=O)cc3)CC2)CCO1. The average molecular weight is 353 g/mol. The maximum absolute atomic E-state index is 11.3. The Bertz CT molecular complexity index is 640. The van der Waals surface area contributed by atoms with Gasteiger partial charge in [-0.1, -0.05) is 0 Å². The van der Waals surface area contributed by atoms with Crippen LogP contribution in [0.2, 0.25) is 0 Å². The number of nitrogens with zero attached hydrogens (tertiary/aromatic N) is 2. The predicted molar refractivity (Wildman–Crippen MR) is 94.6 cm³/mol. The van der Waals surface area contributed by atoms with Crippen molar-refractivity contribution in [3.8, 4) is 0 Å². The van der Waals surface area contributed by atoms with Crippen LogP contribution in [0.3, 0.4) is 0 Å². The molecule has 2 atom stereocenters. The topological polar surface area (TPSA) is 75.9 Å². The van der Waals surface area contributed by atoms with Crippen molar-refractivity contribution in [1.82, 2.24) is 4.90 Å². The van der Waals surface area contributed by atoms with E-state index in [9.17, 15) is 8.42 Å². The number of primary sulfonamides is 1. The molecule has 2 fully saturated rings. The second-order valence-electron chi connectivity index (χ2n) is 6.90. The van der Waals surface area contributed by atoms with Crippen molar-refractivity contribution in [3.05, 3.63) is 24.3 Å². The van der Waals surface area contributed by atoms with Gasteiger partial charge in [0.05, 0.1) is 11.0 Å². The van der Waals surface area contributed by atoms with Gasteiger partial charge in [0.1, 0.15) is 0 Å². The molecule has 134 valence electrons. The Hall–Kier alpha value is -1.15. The highest BCUT2D eigenvalue weighted by molar-refractivity contribution is 7.89. The van der Waals surface area contributed by atoms with Gasteiger partial charge in [-0.15, -0.1) is 0 Å². The smallest absolute Gasteiger partial charge is 0.238 e. The molecule has 0 amide bonds. The van der Waals surface area contributed by atoms with Crippen LogP contribution in [0.25, 0.3) is 0 Å². The molecule has 2 aliphatic rings. The van der Waals surface area contributed by atoms with Crippen molar-refractivity contribution < 1.29 is 13.2 Å². The van der Waals surface area contributed by atoms with Crippen LogP contribution in [0, 0.1) is 5.92 Å².